The van der Waals surface area contributed by atoms with Gasteiger partial charge in [0.25, 0.3) is 5.91 Å². The zero-order chi connectivity index (χ0) is 21.7. The van der Waals surface area contributed by atoms with Gasteiger partial charge in [0.2, 0.25) is 0 Å². The SMILES string of the molecule is CN(C(=O)COC(=O)c1ccccc1OCc1ccc(F)cc1)[C@H]1CCS(=O)(=O)C1. The molecule has 0 radical (unpaired) electrons. The van der Waals surface area contributed by atoms with E-state index in [0.717, 1.165) is 5.56 Å². The first-order valence-electron chi connectivity index (χ1n) is 9.34. The molecule has 160 valence electrons. The van der Waals surface area contributed by atoms with Crippen LogP contribution in [0.15, 0.2) is 48.5 Å². The van der Waals surface area contributed by atoms with E-state index in [9.17, 15) is 22.4 Å². The third-order valence-electron chi connectivity index (χ3n) is 4.89. The van der Waals surface area contributed by atoms with Crippen LogP contribution in [0, 0.1) is 5.82 Å². The van der Waals surface area contributed by atoms with Crippen LogP contribution in [0.5, 0.6) is 5.75 Å². The van der Waals surface area contributed by atoms with Crippen LogP contribution >= 0.6 is 0 Å². The van der Waals surface area contributed by atoms with Gasteiger partial charge in [0.05, 0.1) is 11.5 Å². The first-order valence-corrected chi connectivity index (χ1v) is 11.2. The third kappa shape index (κ3) is 5.56. The van der Waals surface area contributed by atoms with Crippen LogP contribution in [-0.4, -0.2) is 56.4 Å². The van der Waals surface area contributed by atoms with E-state index in [0.29, 0.717) is 6.42 Å². The van der Waals surface area contributed by atoms with Crippen LogP contribution in [0.1, 0.15) is 22.3 Å². The van der Waals surface area contributed by atoms with Crippen molar-refractivity contribution in [2.24, 2.45) is 0 Å². The van der Waals surface area contributed by atoms with Crippen LogP contribution in [0.3, 0.4) is 0 Å². The molecule has 1 heterocycles. The zero-order valence-electron chi connectivity index (χ0n) is 16.4. The molecule has 2 aromatic carbocycles. The summed E-state index contributed by atoms with van der Waals surface area (Å²) in [6, 6.07) is 11.8. The fraction of sp³-hybridized carbons (Fsp3) is 0.333. The minimum Gasteiger partial charge on any atom is -0.488 e. The van der Waals surface area contributed by atoms with E-state index in [-0.39, 0.29) is 35.2 Å². The predicted octanol–water partition coefficient (Wildman–Crippen LogP) is 2.21. The average molecular weight is 435 g/mol. The first-order chi connectivity index (χ1) is 14.2. The Balaban J connectivity index is 1.57. The van der Waals surface area contributed by atoms with Gasteiger partial charge in [0.1, 0.15) is 23.7 Å². The average Bonchev–Trinajstić information content (AvgIpc) is 3.10. The monoisotopic (exact) mass is 435 g/mol. The van der Waals surface area contributed by atoms with Crippen molar-refractivity contribution in [2.75, 3.05) is 25.2 Å². The fourth-order valence-corrected chi connectivity index (χ4v) is 4.87. The Labute approximate surface area is 174 Å². The highest BCUT2D eigenvalue weighted by molar-refractivity contribution is 7.91. The Morgan fingerprint density at radius 1 is 1.13 bits per heavy atom. The summed E-state index contributed by atoms with van der Waals surface area (Å²) in [6.45, 7) is -0.374. The van der Waals surface area contributed by atoms with Crippen LogP contribution < -0.4 is 4.74 Å². The molecule has 0 aromatic heterocycles. The van der Waals surface area contributed by atoms with Gasteiger partial charge in [-0.15, -0.1) is 0 Å². The lowest BCUT2D eigenvalue weighted by atomic mass is 10.2. The van der Waals surface area contributed by atoms with Crippen molar-refractivity contribution in [1.82, 2.24) is 4.90 Å². The number of esters is 1. The van der Waals surface area contributed by atoms with Crippen molar-refractivity contribution < 1.29 is 31.9 Å². The van der Waals surface area contributed by atoms with Crippen LogP contribution in [0.25, 0.3) is 0 Å². The number of hydrogen-bond acceptors (Lipinski definition) is 6. The van der Waals surface area contributed by atoms with Crippen molar-refractivity contribution in [2.45, 2.75) is 19.1 Å². The molecule has 0 bridgehead atoms. The minimum atomic E-state index is -3.12. The molecular formula is C21H22FNO6S. The number of likely N-dealkylation sites (N-methyl/N-ethyl adjacent to an activating group) is 1. The van der Waals surface area contributed by atoms with Crippen molar-refractivity contribution >= 4 is 21.7 Å². The van der Waals surface area contributed by atoms with Crippen LogP contribution in [0.4, 0.5) is 4.39 Å². The molecular weight excluding hydrogens is 413 g/mol. The first kappa shape index (κ1) is 21.8. The molecule has 0 saturated carbocycles. The molecule has 1 fully saturated rings. The zero-order valence-corrected chi connectivity index (χ0v) is 17.2. The topological polar surface area (TPSA) is 90.0 Å². The fourth-order valence-electron chi connectivity index (χ4n) is 3.09. The van der Waals surface area contributed by atoms with Crippen LogP contribution in [0.2, 0.25) is 0 Å². The molecule has 7 nitrogen and oxygen atoms in total. The second-order valence-electron chi connectivity index (χ2n) is 7.05. The molecule has 1 aliphatic rings. The largest absolute Gasteiger partial charge is 0.488 e. The van der Waals surface area contributed by atoms with Crippen molar-refractivity contribution in [1.29, 1.82) is 0 Å². The lowest BCUT2D eigenvalue weighted by Crippen LogP contribution is -2.40. The van der Waals surface area contributed by atoms with E-state index in [4.69, 9.17) is 9.47 Å². The number of para-hydroxylation sites is 1. The Morgan fingerprint density at radius 3 is 2.50 bits per heavy atom. The maximum absolute atomic E-state index is 13.0. The van der Waals surface area contributed by atoms with Gasteiger partial charge in [-0.05, 0) is 36.2 Å². The Kier molecular flexibility index (Phi) is 6.71. The maximum Gasteiger partial charge on any atom is 0.342 e. The molecule has 3 rings (SSSR count). The van der Waals surface area contributed by atoms with Gasteiger partial charge in [-0.25, -0.2) is 17.6 Å². The normalized spacial score (nSPS) is 17.3. The highest BCUT2D eigenvalue weighted by Gasteiger charge is 2.33. The van der Waals surface area contributed by atoms with Crippen molar-refractivity contribution in [3.8, 4) is 5.75 Å². The van der Waals surface area contributed by atoms with E-state index in [1.807, 2.05) is 0 Å². The minimum absolute atomic E-state index is 0.0494. The van der Waals surface area contributed by atoms with Crippen molar-refractivity contribution in [3.05, 3.63) is 65.5 Å². The number of amides is 1. The lowest BCUT2D eigenvalue weighted by molar-refractivity contribution is -0.134. The summed E-state index contributed by atoms with van der Waals surface area (Å²) in [4.78, 5) is 26.1. The summed E-state index contributed by atoms with van der Waals surface area (Å²) in [5.74, 6) is -1.32. The number of hydrogen-bond donors (Lipinski definition) is 0. The predicted molar refractivity (Wildman–Crippen MR) is 107 cm³/mol. The molecule has 1 aliphatic heterocycles. The van der Waals surface area contributed by atoms with E-state index >= 15 is 0 Å². The number of carbonyl (C=O) groups excluding carboxylic acids is 2. The Hall–Kier alpha value is -2.94. The van der Waals surface area contributed by atoms with Gasteiger partial charge in [-0.2, -0.15) is 0 Å². The second kappa shape index (κ2) is 9.25. The molecule has 0 N–H and O–H groups in total. The van der Waals surface area contributed by atoms with Gasteiger partial charge in [0, 0.05) is 13.1 Å². The van der Waals surface area contributed by atoms with Crippen LogP contribution in [-0.2, 0) is 26.0 Å². The number of halogens is 1. The number of carbonyl (C=O) groups is 2. The number of nitrogens with zero attached hydrogens (tertiary/aromatic N) is 1. The summed E-state index contributed by atoms with van der Waals surface area (Å²) in [7, 11) is -1.62. The summed E-state index contributed by atoms with van der Waals surface area (Å²) in [5, 5.41) is 0. The molecule has 1 amide bonds. The molecule has 1 saturated heterocycles. The number of ether oxygens (including phenoxy) is 2. The standard InChI is InChI=1S/C21H22FNO6S/c1-23(17-10-11-30(26,27)14-17)20(24)13-29-21(25)18-4-2-3-5-19(18)28-12-15-6-8-16(22)9-7-15/h2-9,17H,10-14H2,1H3/t17-/m0/s1. The van der Waals surface area contributed by atoms with E-state index in [1.54, 1.807) is 30.3 Å². The summed E-state index contributed by atoms with van der Waals surface area (Å²) in [5.41, 5.74) is 0.876. The van der Waals surface area contributed by atoms with Gasteiger partial charge >= 0.3 is 5.97 Å². The molecule has 9 heteroatoms. The third-order valence-corrected chi connectivity index (χ3v) is 6.64. The lowest BCUT2D eigenvalue weighted by Gasteiger charge is -2.23. The van der Waals surface area contributed by atoms with E-state index in [2.05, 4.69) is 0 Å². The summed E-state index contributed by atoms with van der Waals surface area (Å²) < 4.78 is 46.9. The molecule has 0 spiro atoms. The highest BCUT2D eigenvalue weighted by atomic mass is 32.2. The molecule has 1 atom stereocenters. The Bertz CT molecular complexity index is 1020. The van der Waals surface area contributed by atoms with Crippen molar-refractivity contribution in [3.63, 3.8) is 0 Å². The van der Waals surface area contributed by atoms with Gasteiger partial charge in [-0.3, -0.25) is 4.79 Å². The van der Waals surface area contributed by atoms with Gasteiger partial charge in [-0.1, -0.05) is 24.3 Å². The number of benzene rings is 2. The molecule has 0 aliphatic carbocycles. The highest BCUT2D eigenvalue weighted by Crippen LogP contribution is 2.21. The van der Waals surface area contributed by atoms with E-state index in [1.165, 1.54) is 30.1 Å². The maximum atomic E-state index is 13.0. The smallest absolute Gasteiger partial charge is 0.342 e. The van der Waals surface area contributed by atoms with E-state index < -0.39 is 34.4 Å². The molecule has 2 aromatic rings. The quantitative estimate of drug-likeness (QED) is 0.620. The summed E-state index contributed by atoms with van der Waals surface area (Å²) >= 11 is 0. The summed E-state index contributed by atoms with van der Waals surface area (Å²) in [6.07, 6.45) is 0.374. The molecule has 30 heavy (non-hydrogen) atoms. The van der Waals surface area contributed by atoms with Gasteiger partial charge in [0.15, 0.2) is 16.4 Å². The number of sulfone groups is 1. The Morgan fingerprint density at radius 2 is 1.83 bits per heavy atom. The number of rotatable bonds is 7. The molecule has 0 unspecified atom stereocenters. The second-order valence-corrected chi connectivity index (χ2v) is 9.28. The van der Waals surface area contributed by atoms with Gasteiger partial charge < -0.3 is 14.4 Å².